The second kappa shape index (κ2) is 9.96. The second-order valence-corrected chi connectivity index (χ2v) is 12.4. The monoisotopic (exact) mass is 586 g/mol. The number of carboxylic acids is 1. The summed E-state index contributed by atoms with van der Waals surface area (Å²) in [4.78, 5) is 21.4. The Labute approximate surface area is 240 Å². The van der Waals surface area contributed by atoms with Gasteiger partial charge in [-0.3, -0.25) is 4.90 Å². The molecular weight excluding hydrogens is 559 g/mol. The van der Waals surface area contributed by atoms with Crippen LogP contribution in [0.4, 0.5) is 5.13 Å². The van der Waals surface area contributed by atoms with Crippen LogP contribution in [0.1, 0.15) is 54.3 Å². The molecule has 1 aliphatic carbocycles. The molecule has 204 valence electrons. The minimum absolute atomic E-state index is 0.00759. The number of anilines is 1. The summed E-state index contributed by atoms with van der Waals surface area (Å²) >= 11 is 14.6. The molecule has 39 heavy (non-hydrogen) atoms. The summed E-state index contributed by atoms with van der Waals surface area (Å²) in [5, 5.41) is 15.9. The molecule has 1 N–H and O–H groups in total. The zero-order valence-corrected chi connectivity index (χ0v) is 24.2. The Bertz CT molecular complexity index is 1560. The van der Waals surface area contributed by atoms with E-state index in [1.807, 2.05) is 18.2 Å². The number of ether oxygens (including phenoxy) is 1. The molecule has 0 radical (unpaired) electrons. The molecule has 2 aliphatic rings. The third-order valence-electron chi connectivity index (χ3n) is 7.63. The van der Waals surface area contributed by atoms with E-state index in [4.69, 9.17) is 37.4 Å². The van der Waals surface area contributed by atoms with E-state index in [2.05, 4.69) is 28.8 Å². The highest BCUT2D eigenvalue weighted by atomic mass is 35.5. The lowest BCUT2D eigenvalue weighted by molar-refractivity contribution is 0.0696. The van der Waals surface area contributed by atoms with Gasteiger partial charge in [-0.1, -0.05) is 59.6 Å². The van der Waals surface area contributed by atoms with Crippen molar-refractivity contribution in [3.63, 3.8) is 0 Å². The van der Waals surface area contributed by atoms with Gasteiger partial charge in [0.2, 0.25) is 0 Å². The topological polar surface area (TPSA) is 91.9 Å². The number of hydrogen-bond donors (Lipinski definition) is 1. The molecule has 1 saturated heterocycles. The molecule has 1 saturated carbocycles. The second-order valence-electron chi connectivity index (χ2n) is 10.5. The first-order chi connectivity index (χ1) is 18.7. The fourth-order valence-electron chi connectivity index (χ4n) is 5.52. The van der Waals surface area contributed by atoms with Crippen molar-refractivity contribution >= 4 is 55.9 Å². The molecule has 0 atom stereocenters. The van der Waals surface area contributed by atoms with E-state index < -0.39 is 5.97 Å². The number of fused-ring (bicyclic) bond motifs is 1. The van der Waals surface area contributed by atoms with E-state index in [9.17, 15) is 9.90 Å². The van der Waals surface area contributed by atoms with Gasteiger partial charge in [0.15, 0.2) is 5.13 Å². The fourth-order valence-corrected chi connectivity index (χ4v) is 7.25. The van der Waals surface area contributed by atoms with Gasteiger partial charge in [-0.25, -0.2) is 9.78 Å². The summed E-state index contributed by atoms with van der Waals surface area (Å²) in [6, 6.07) is 8.68. The Balaban J connectivity index is 1.29. The average molecular weight is 588 g/mol. The highest BCUT2D eigenvalue weighted by Gasteiger charge is 2.52. The van der Waals surface area contributed by atoms with Gasteiger partial charge in [-0.15, -0.1) is 0 Å². The third-order valence-corrected chi connectivity index (χ3v) is 9.28. The van der Waals surface area contributed by atoms with Crippen molar-refractivity contribution in [2.24, 2.45) is 0 Å². The van der Waals surface area contributed by atoms with Crippen LogP contribution >= 0.6 is 34.5 Å². The molecule has 2 fully saturated rings. The number of rotatable bonds is 7. The van der Waals surface area contributed by atoms with E-state index in [1.54, 1.807) is 13.2 Å². The van der Waals surface area contributed by atoms with Crippen molar-refractivity contribution in [1.82, 2.24) is 15.0 Å². The van der Waals surface area contributed by atoms with Gasteiger partial charge in [-0.05, 0) is 37.1 Å². The van der Waals surface area contributed by atoms with Crippen LogP contribution in [0.25, 0.3) is 21.5 Å². The molecular formula is C28H28Cl2N4O4S. The number of halogens is 2. The number of methoxy groups -OCH3 is 1. The van der Waals surface area contributed by atoms with Crippen molar-refractivity contribution < 1.29 is 19.2 Å². The summed E-state index contributed by atoms with van der Waals surface area (Å²) in [6.45, 7) is 7.38. The number of carbonyl (C=O) groups is 1. The summed E-state index contributed by atoms with van der Waals surface area (Å²) in [5.41, 5.74) is 3.32. The SMILES string of the molecule is COc1cc(C(=O)O)cc2sc(N3CCN(Cc4c(-c5c(Cl)cccc5Cl)noc4C(C)C)CC34CC4)nc12. The Kier molecular flexibility index (Phi) is 6.74. The van der Waals surface area contributed by atoms with Crippen LogP contribution in [0, 0.1) is 0 Å². The predicted molar refractivity (Wildman–Crippen MR) is 154 cm³/mol. The molecule has 2 aromatic carbocycles. The minimum atomic E-state index is -0.982. The average Bonchev–Trinajstić information content (AvgIpc) is 3.32. The standard InChI is InChI=1S/C28H28Cl2N4O4S/c1-15(2)25-17(23(32-38-25)22-18(29)5-4-6-19(22)30)13-33-9-10-34(28(14-33)7-8-28)27-31-24-20(37-3)11-16(26(35)36)12-21(24)39-27/h4-6,11-12,15H,7-10,13-14H2,1-3H3,(H,35,36). The van der Waals surface area contributed by atoms with Crippen LogP contribution < -0.4 is 9.64 Å². The smallest absolute Gasteiger partial charge is 0.335 e. The molecule has 1 aliphatic heterocycles. The minimum Gasteiger partial charge on any atom is -0.494 e. The number of thiazole rings is 1. The maximum atomic E-state index is 11.6. The third kappa shape index (κ3) is 4.65. The van der Waals surface area contributed by atoms with Gasteiger partial charge in [0.25, 0.3) is 0 Å². The van der Waals surface area contributed by atoms with Crippen LogP contribution in [0.2, 0.25) is 10.0 Å². The van der Waals surface area contributed by atoms with Gasteiger partial charge in [0, 0.05) is 43.2 Å². The molecule has 2 aromatic heterocycles. The molecule has 0 amide bonds. The zero-order valence-electron chi connectivity index (χ0n) is 21.8. The molecule has 6 rings (SSSR count). The summed E-state index contributed by atoms with van der Waals surface area (Å²) in [5.74, 6) is 0.507. The number of aromatic carboxylic acids is 1. The Hall–Kier alpha value is -2.85. The van der Waals surface area contributed by atoms with Gasteiger partial charge < -0.3 is 19.3 Å². The lowest BCUT2D eigenvalue weighted by Crippen LogP contribution is -2.54. The van der Waals surface area contributed by atoms with Crippen LogP contribution in [0.3, 0.4) is 0 Å². The van der Waals surface area contributed by atoms with E-state index >= 15 is 0 Å². The molecule has 8 nitrogen and oxygen atoms in total. The molecule has 1 spiro atoms. The number of aromatic nitrogens is 2. The fraction of sp³-hybridized carbons (Fsp3) is 0.393. The Morgan fingerprint density at radius 1 is 1.23 bits per heavy atom. The highest BCUT2D eigenvalue weighted by Crippen LogP contribution is 2.49. The van der Waals surface area contributed by atoms with E-state index in [0.717, 1.165) is 53.6 Å². The van der Waals surface area contributed by atoms with Crippen molar-refractivity contribution in [2.45, 2.75) is 44.7 Å². The molecule has 11 heteroatoms. The quantitative estimate of drug-likeness (QED) is 0.249. The number of benzene rings is 2. The van der Waals surface area contributed by atoms with Gasteiger partial charge in [0.05, 0.1) is 33.0 Å². The predicted octanol–water partition coefficient (Wildman–Crippen LogP) is 6.94. The summed E-state index contributed by atoms with van der Waals surface area (Å²) in [6.07, 6.45) is 2.14. The van der Waals surface area contributed by atoms with Crippen LogP contribution in [0.5, 0.6) is 5.75 Å². The number of piperazine rings is 1. The van der Waals surface area contributed by atoms with Crippen LogP contribution in [-0.2, 0) is 6.54 Å². The lowest BCUT2D eigenvalue weighted by Gasteiger charge is -2.42. The lowest BCUT2D eigenvalue weighted by atomic mass is 9.99. The van der Waals surface area contributed by atoms with Crippen LogP contribution in [0.15, 0.2) is 34.9 Å². The van der Waals surface area contributed by atoms with Gasteiger partial charge in [0.1, 0.15) is 22.7 Å². The molecule has 0 bridgehead atoms. The number of carboxylic acid groups (broad SMARTS) is 1. The summed E-state index contributed by atoms with van der Waals surface area (Å²) in [7, 11) is 1.54. The molecule has 4 aromatic rings. The first-order valence-corrected chi connectivity index (χ1v) is 14.4. The molecule has 0 unspecified atom stereocenters. The van der Waals surface area contributed by atoms with Gasteiger partial charge >= 0.3 is 5.97 Å². The van der Waals surface area contributed by atoms with Crippen molar-refractivity contribution in [3.8, 4) is 17.0 Å². The maximum Gasteiger partial charge on any atom is 0.335 e. The van der Waals surface area contributed by atoms with Crippen molar-refractivity contribution in [3.05, 3.63) is 57.3 Å². The number of nitrogens with zero attached hydrogens (tertiary/aromatic N) is 4. The van der Waals surface area contributed by atoms with Crippen LogP contribution in [-0.4, -0.2) is 58.4 Å². The normalized spacial score (nSPS) is 16.9. The van der Waals surface area contributed by atoms with Gasteiger partial charge in [-0.2, -0.15) is 0 Å². The van der Waals surface area contributed by atoms with Crippen molar-refractivity contribution in [1.29, 1.82) is 0 Å². The Morgan fingerprint density at radius 2 is 1.97 bits per heavy atom. The largest absolute Gasteiger partial charge is 0.494 e. The van der Waals surface area contributed by atoms with E-state index in [0.29, 0.717) is 39.1 Å². The number of hydrogen-bond acceptors (Lipinski definition) is 8. The first kappa shape index (κ1) is 26.4. The summed E-state index contributed by atoms with van der Waals surface area (Å²) < 4.78 is 12.1. The van der Waals surface area contributed by atoms with Crippen molar-refractivity contribution in [2.75, 3.05) is 31.6 Å². The van der Waals surface area contributed by atoms with E-state index in [-0.39, 0.29) is 17.0 Å². The first-order valence-electron chi connectivity index (χ1n) is 12.9. The molecule has 3 heterocycles. The maximum absolute atomic E-state index is 11.6. The van der Waals surface area contributed by atoms with E-state index in [1.165, 1.54) is 17.4 Å². The zero-order chi connectivity index (χ0) is 27.5. The highest BCUT2D eigenvalue weighted by molar-refractivity contribution is 7.22. The Morgan fingerprint density at radius 3 is 2.62 bits per heavy atom.